The first kappa shape index (κ1) is 7.84. The number of aliphatic carboxylic acids is 1. The van der Waals surface area contributed by atoms with Crippen molar-refractivity contribution < 1.29 is 19.4 Å². The van der Waals surface area contributed by atoms with Crippen LogP contribution in [0.15, 0.2) is 0 Å². The number of carbonyl (C=O) groups is 2. The fraction of sp³-hybridized carbons (Fsp3) is 0.667. The number of carboxylic acid groups (broad SMARTS) is 1. The largest absolute Gasteiger partial charge is 0.481 e. The number of amides is 1. The summed E-state index contributed by atoms with van der Waals surface area (Å²) in [5, 5.41) is 10.8. The number of rotatable bonds is 2. The number of ether oxygens (including phenoxy) is 1. The number of hydrogen-bond donors (Lipinski definition) is 2. The molecule has 5 nitrogen and oxygen atoms in total. The zero-order valence-corrected chi connectivity index (χ0v) is 6.09. The van der Waals surface area contributed by atoms with Gasteiger partial charge in [0.15, 0.2) is 0 Å². The summed E-state index contributed by atoms with van der Waals surface area (Å²) in [6.07, 6.45) is -0.660. The predicted octanol–water partition coefficient (Wildman–Crippen LogP) is -0.0404. The monoisotopic (exact) mass is 159 g/mol. The van der Waals surface area contributed by atoms with Gasteiger partial charge in [0.25, 0.3) is 0 Å². The van der Waals surface area contributed by atoms with Crippen LogP contribution in [0.25, 0.3) is 0 Å². The van der Waals surface area contributed by atoms with Crippen molar-refractivity contribution in [2.24, 2.45) is 0 Å². The minimum Gasteiger partial charge on any atom is -0.481 e. The van der Waals surface area contributed by atoms with Crippen LogP contribution in [0.3, 0.4) is 0 Å². The summed E-state index contributed by atoms with van der Waals surface area (Å²) in [5.41, 5.74) is -0.733. The van der Waals surface area contributed by atoms with E-state index in [0.29, 0.717) is 0 Å². The highest BCUT2D eigenvalue weighted by molar-refractivity contribution is 5.74. The maximum atomic E-state index is 10.5. The quantitative estimate of drug-likeness (QED) is 0.592. The molecule has 5 heteroatoms. The van der Waals surface area contributed by atoms with Crippen molar-refractivity contribution in [1.82, 2.24) is 5.32 Å². The molecule has 1 unspecified atom stereocenters. The van der Waals surface area contributed by atoms with Crippen LogP contribution in [0.2, 0.25) is 0 Å². The standard InChI is InChI=1S/C6H9NO4/c1-6(2-4(8)9)3-11-5(10)7-6/h2-3H2,1H3,(H,7,10)(H,8,9). The second kappa shape index (κ2) is 2.41. The molecule has 1 amide bonds. The topological polar surface area (TPSA) is 75.6 Å². The minimum atomic E-state index is -0.946. The van der Waals surface area contributed by atoms with Crippen LogP contribution < -0.4 is 5.32 Å². The molecule has 2 N–H and O–H groups in total. The molecule has 0 aromatic carbocycles. The maximum absolute atomic E-state index is 10.5. The Morgan fingerprint density at radius 3 is 2.91 bits per heavy atom. The molecule has 1 aliphatic heterocycles. The number of cyclic esters (lactones) is 1. The molecule has 0 aromatic rings. The van der Waals surface area contributed by atoms with Gasteiger partial charge < -0.3 is 15.2 Å². The van der Waals surface area contributed by atoms with Gasteiger partial charge in [-0.15, -0.1) is 0 Å². The van der Waals surface area contributed by atoms with Crippen LogP contribution in [0.1, 0.15) is 13.3 Å². The fourth-order valence-electron chi connectivity index (χ4n) is 0.972. The van der Waals surface area contributed by atoms with E-state index in [1.54, 1.807) is 6.92 Å². The lowest BCUT2D eigenvalue weighted by atomic mass is 10.0. The molecule has 0 aromatic heterocycles. The Kier molecular flexibility index (Phi) is 1.72. The summed E-state index contributed by atoms with van der Waals surface area (Å²) in [7, 11) is 0. The fourth-order valence-corrected chi connectivity index (χ4v) is 0.972. The van der Waals surface area contributed by atoms with Crippen LogP contribution in [-0.2, 0) is 9.53 Å². The molecule has 0 spiro atoms. The number of hydrogen-bond acceptors (Lipinski definition) is 3. The average Bonchev–Trinajstić information content (AvgIpc) is 2.08. The van der Waals surface area contributed by atoms with Crippen molar-refractivity contribution in [2.75, 3.05) is 6.61 Å². The second-order valence-corrected chi connectivity index (χ2v) is 2.83. The molecule has 0 aliphatic carbocycles. The third-order valence-corrected chi connectivity index (χ3v) is 1.47. The molecule has 1 heterocycles. The Hall–Kier alpha value is -1.26. The number of nitrogens with one attached hydrogen (secondary N) is 1. The maximum Gasteiger partial charge on any atom is 0.407 e. The van der Waals surface area contributed by atoms with E-state index in [-0.39, 0.29) is 13.0 Å². The Morgan fingerprint density at radius 1 is 1.91 bits per heavy atom. The molecular weight excluding hydrogens is 150 g/mol. The first-order chi connectivity index (χ1) is 5.02. The van der Waals surface area contributed by atoms with Crippen molar-refractivity contribution in [3.05, 3.63) is 0 Å². The Morgan fingerprint density at radius 2 is 2.55 bits per heavy atom. The lowest BCUT2D eigenvalue weighted by Gasteiger charge is -2.17. The molecule has 1 saturated heterocycles. The Bertz CT molecular complexity index is 203. The third kappa shape index (κ3) is 1.83. The minimum absolute atomic E-state index is 0.112. The number of carboxylic acids is 1. The van der Waals surface area contributed by atoms with Crippen molar-refractivity contribution in [3.63, 3.8) is 0 Å². The lowest BCUT2D eigenvalue weighted by molar-refractivity contribution is -0.138. The Balaban J connectivity index is 2.55. The first-order valence-corrected chi connectivity index (χ1v) is 3.19. The second-order valence-electron chi connectivity index (χ2n) is 2.83. The summed E-state index contributed by atoms with van der Waals surface area (Å²) >= 11 is 0. The summed E-state index contributed by atoms with van der Waals surface area (Å²) < 4.78 is 4.56. The van der Waals surface area contributed by atoms with E-state index in [1.807, 2.05) is 0 Å². The van der Waals surface area contributed by atoms with Gasteiger partial charge in [-0.2, -0.15) is 0 Å². The van der Waals surface area contributed by atoms with Gasteiger partial charge in [-0.1, -0.05) is 0 Å². The Labute approximate surface area is 63.3 Å². The van der Waals surface area contributed by atoms with Gasteiger partial charge in [-0.3, -0.25) is 4.79 Å². The summed E-state index contributed by atoms with van der Waals surface area (Å²) in [4.78, 5) is 20.8. The molecule has 0 bridgehead atoms. The highest BCUT2D eigenvalue weighted by Crippen LogP contribution is 2.15. The van der Waals surface area contributed by atoms with E-state index < -0.39 is 17.6 Å². The molecule has 11 heavy (non-hydrogen) atoms. The van der Waals surface area contributed by atoms with Gasteiger partial charge in [0, 0.05) is 0 Å². The SMILES string of the molecule is CC1(CC(=O)O)COC(=O)N1. The van der Waals surface area contributed by atoms with E-state index in [1.165, 1.54) is 0 Å². The van der Waals surface area contributed by atoms with Gasteiger partial charge in [-0.05, 0) is 6.92 Å². The molecular formula is C6H9NO4. The highest BCUT2D eigenvalue weighted by atomic mass is 16.6. The molecule has 1 atom stereocenters. The average molecular weight is 159 g/mol. The van der Waals surface area contributed by atoms with Crippen LogP contribution in [0.5, 0.6) is 0 Å². The van der Waals surface area contributed by atoms with Crippen molar-refractivity contribution in [2.45, 2.75) is 18.9 Å². The van der Waals surface area contributed by atoms with Crippen LogP contribution >= 0.6 is 0 Å². The van der Waals surface area contributed by atoms with Crippen LogP contribution in [-0.4, -0.2) is 29.3 Å². The third-order valence-electron chi connectivity index (χ3n) is 1.47. The molecule has 62 valence electrons. The highest BCUT2D eigenvalue weighted by Gasteiger charge is 2.36. The van der Waals surface area contributed by atoms with Gasteiger partial charge >= 0.3 is 12.1 Å². The van der Waals surface area contributed by atoms with E-state index in [4.69, 9.17) is 5.11 Å². The number of carbonyl (C=O) groups excluding carboxylic acids is 1. The van der Waals surface area contributed by atoms with E-state index in [9.17, 15) is 9.59 Å². The summed E-state index contributed by atoms with van der Waals surface area (Å²) in [6.45, 7) is 1.75. The number of alkyl carbamates (subject to hydrolysis) is 1. The van der Waals surface area contributed by atoms with Gasteiger partial charge in [0.05, 0.1) is 12.0 Å². The van der Waals surface area contributed by atoms with Crippen molar-refractivity contribution in [3.8, 4) is 0 Å². The predicted molar refractivity (Wildman–Crippen MR) is 35.1 cm³/mol. The van der Waals surface area contributed by atoms with E-state index in [0.717, 1.165) is 0 Å². The molecule has 0 saturated carbocycles. The zero-order valence-electron chi connectivity index (χ0n) is 6.09. The van der Waals surface area contributed by atoms with E-state index in [2.05, 4.69) is 10.1 Å². The molecule has 1 rings (SSSR count). The van der Waals surface area contributed by atoms with Gasteiger partial charge in [0.1, 0.15) is 6.61 Å². The van der Waals surface area contributed by atoms with Crippen LogP contribution in [0, 0.1) is 0 Å². The summed E-state index contributed by atoms with van der Waals surface area (Å²) in [5.74, 6) is -0.946. The smallest absolute Gasteiger partial charge is 0.407 e. The van der Waals surface area contributed by atoms with Crippen molar-refractivity contribution >= 4 is 12.1 Å². The zero-order chi connectivity index (χ0) is 8.48. The van der Waals surface area contributed by atoms with Crippen molar-refractivity contribution in [1.29, 1.82) is 0 Å². The van der Waals surface area contributed by atoms with Crippen LogP contribution in [0.4, 0.5) is 4.79 Å². The summed E-state index contributed by atoms with van der Waals surface area (Å²) in [6, 6.07) is 0. The van der Waals surface area contributed by atoms with Gasteiger partial charge in [-0.25, -0.2) is 4.79 Å². The lowest BCUT2D eigenvalue weighted by Crippen LogP contribution is -2.42. The van der Waals surface area contributed by atoms with Gasteiger partial charge in [0.2, 0.25) is 0 Å². The molecule has 1 fully saturated rings. The molecule has 1 aliphatic rings. The molecule has 0 radical (unpaired) electrons. The normalized spacial score (nSPS) is 29.4. The first-order valence-electron chi connectivity index (χ1n) is 3.19. The van der Waals surface area contributed by atoms with E-state index >= 15 is 0 Å².